The normalized spacial score (nSPS) is 10.7. The third kappa shape index (κ3) is 1.71. The first-order valence-corrected chi connectivity index (χ1v) is 5.03. The number of aryl methyl sites for hydroxylation is 1. The van der Waals surface area contributed by atoms with E-state index in [0.717, 1.165) is 0 Å². The van der Waals surface area contributed by atoms with E-state index < -0.39 is 5.97 Å². The molecule has 0 radical (unpaired) electrons. The van der Waals surface area contributed by atoms with E-state index in [9.17, 15) is 4.79 Å². The van der Waals surface area contributed by atoms with Gasteiger partial charge in [0.15, 0.2) is 11.3 Å². The fourth-order valence-electron chi connectivity index (χ4n) is 1.35. The van der Waals surface area contributed by atoms with Crippen molar-refractivity contribution in [2.45, 2.75) is 6.92 Å². The predicted octanol–water partition coefficient (Wildman–Crippen LogP) is 1.19. The van der Waals surface area contributed by atoms with Crippen LogP contribution in [0, 0.1) is 0 Å². The molecule has 0 aliphatic carbocycles. The van der Waals surface area contributed by atoms with Crippen LogP contribution in [0.2, 0.25) is 5.28 Å². The Hall–Kier alpha value is -1.69. The molecule has 2 aromatic rings. The fraction of sp³-hybridized carbons (Fsp3) is 0.333. The molecule has 6 nitrogen and oxygen atoms in total. The van der Waals surface area contributed by atoms with Crippen molar-refractivity contribution >= 4 is 28.6 Å². The van der Waals surface area contributed by atoms with Crippen molar-refractivity contribution in [1.29, 1.82) is 0 Å². The molecule has 0 amide bonds. The van der Waals surface area contributed by atoms with E-state index in [-0.39, 0.29) is 17.6 Å². The van der Waals surface area contributed by atoms with Crippen LogP contribution in [-0.4, -0.2) is 32.3 Å². The zero-order valence-electron chi connectivity index (χ0n) is 8.77. The molecule has 2 rings (SSSR count). The van der Waals surface area contributed by atoms with Gasteiger partial charge in [-0.05, 0) is 18.5 Å². The number of aromatic nitrogens is 4. The molecule has 0 unspecified atom stereocenters. The average Bonchev–Trinajstić information content (AvgIpc) is 2.60. The molecule has 0 bridgehead atoms. The lowest BCUT2D eigenvalue weighted by Gasteiger charge is -2.02. The van der Waals surface area contributed by atoms with E-state index in [4.69, 9.17) is 16.3 Å². The SMILES string of the molecule is CCOC(=O)c1nc(Cl)nc2c1cnn2C. The largest absolute Gasteiger partial charge is 0.461 e. The molecule has 2 heterocycles. The molecule has 0 saturated carbocycles. The number of carbonyl (C=O) groups is 1. The summed E-state index contributed by atoms with van der Waals surface area (Å²) in [7, 11) is 1.71. The van der Waals surface area contributed by atoms with Crippen LogP contribution in [0.3, 0.4) is 0 Å². The number of carbonyl (C=O) groups excluding carboxylic acids is 1. The molecule has 2 aromatic heterocycles. The van der Waals surface area contributed by atoms with Gasteiger partial charge in [0.05, 0.1) is 18.2 Å². The molecule has 0 aromatic carbocycles. The lowest BCUT2D eigenvalue weighted by atomic mass is 10.3. The Labute approximate surface area is 96.2 Å². The molecule has 0 atom stereocenters. The average molecular weight is 241 g/mol. The van der Waals surface area contributed by atoms with Crippen molar-refractivity contribution in [2.24, 2.45) is 7.05 Å². The van der Waals surface area contributed by atoms with Gasteiger partial charge in [-0.15, -0.1) is 0 Å². The van der Waals surface area contributed by atoms with Crippen molar-refractivity contribution in [3.05, 3.63) is 17.2 Å². The van der Waals surface area contributed by atoms with Crippen molar-refractivity contribution in [2.75, 3.05) is 6.61 Å². The first-order chi connectivity index (χ1) is 7.63. The molecule has 0 saturated heterocycles. The maximum absolute atomic E-state index is 11.6. The van der Waals surface area contributed by atoms with Gasteiger partial charge >= 0.3 is 5.97 Å². The van der Waals surface area contributed by atoms with Crippen LogP contribution in [0.25, 0.3) is 11.0 Å². The van der Waals surface area contributed by atoms with E-state index in [1.54, 1.807) is 14.0 Å². The van der Waals surface area contributed by atoms with Gasteiger partial charge in [0, 0.05) is 7.05 Å². The zero-order valence-corrected chi connectivity index (χ0v) is 9.52. The van der Waals surface area contributed by atoms with Gasteiger partial charge in [0.1, 0.15) is 0 Å². The summed E-state index contributed by atoms with van der Waals surface area (Å²) >= 11 is 5.73. The van der Waals surface area contributed by atoms with Gasteiger partial charge in [-0.1, -0.05) is 0 Å². The van der Waals surface area contributed by atoms with E-state index in [1.807, 2.05) is 0 Å². The molecule has 84 valence electrons. The van der Waals surface area contributed by atoms with Crippen molar-refractivity contribution in [1.82, 2.24) is 19.7 Å². The number of hydrogen-bond donors (Lipinski definition) is 0. The number of nitrogens with zero attached hydrogens (tertiary/aromatic N) is 4. The Kier molecular flexibility index (Phi) is 2.74. The number of ether oxygens (including phenoxy) is 1. The van der Waals surface area contributed by atoms with E-state index in [2.05, 4.69) is 15.1 Å². The van der Waals surface area contributed by atoms with Gasteiger partial charge in [-0.2, -0.15) is 10.1 Å². The van der Waals surface area contributed by atoms with Crippen LogP contribution in [0.1, 0.15) is 17.4 Å². The van der Waals surface area contributed by atoms with Gasteiger partial charge < -0.3 is 4.74 Å². The Morgan fingerprint density at radius 2 is 2.31 bits per heavy atom. The van der Waals surface area contributed by atoms with E-state index >= 15 is 0 Å². The standard InChI is InChI=1S/C9H9ClN4O2/c1-3-16-8(15)6-5-4-11-14(2)7(5)13-9(10)12-6/h4H,3H2,1-2H3. The Morgan fingerprint density at radius 3 is 3.00 bits per heavy atom. The predicted molar refractivity (Wildman–Crippen MR) is 57.3 cm³/mol. The third-order valence-electron chi connectivity index (χ3n) is 2.03. The Morgan fingerprint density at radius 1 is 1.56 bits per heavy atom. The zero-order chi connectivity index (χ0) is 11.7. The first kappa shape index (κ1) is 10.8. The summed E-state index contributed by atoms with van der Waals surface area (Å²) in [6.45, 7) is 2.00. The van der Waals surface area contributed by atoms with Crippen LogP contribution >= 0.6 is 11.6 Å². The lowest BCUT2D eigenvalue weighted by molar-refractivity contribution is 0.0522. The highest BCUT2D eigenvalue weighted by molar-refractivity contribution is 6.28. The molecule has 0 fully saturated rings. The van der Waals surface area contributed by atoms with Crippen LogP contribution < -0.4 is 0 Å². The van der Waals surface area contributed by atoms with Crippen LogP contribution in [0.5, 0.6) is 0 Å². The van der Waals surface area contributed by atoms with Crippen molar-refractivity contribution in [3.8, 4) is 0 Å². The smallest absolute Gasteiger partial charge is 0.357 e. The monoisotopic (exact) mass is 240 g/mol. The van der Waals surface area contributed by atoms with Crippen LogP contribution in [0.15, 0.2) is 6.20 Å². The molecule has 0 aliphatic heterocycles. The summed E-state index contributed by atoms with van der Waals surface area (Å²) in [4.78, 5) is 19.5. The lowest BCUT2D eigenvalue weighted by Crippen LogP contribution is -2.08. The first-order valence-electron chi connectivity index (χ1n) is 4.66. The summed E-state index contributed by atoms with van der Waals surface area (Å²) in [5.41, 5.74) is 0.646. The summed E-state index contributed by atoms with van der Waals surface area (Å²) in [5.74, 6) is -0.523. The quantitative estimate of drug-likeness (QED) is 0.583. The number of esters is 1. The summed E-state index contributed by atoms with van der Waals surface area (Å²) in [5, 5.41) is 4.52. The summed E-state index contributed by atoms with van der Waals surface area (Å²) in [6.07, 6.45) is 1.51. The second-order valence-corrected chi connectivity index (χ2v) is 3.41. The fourth-order valence-corrected chi connectivity index (χ4v) is 1.52. The highest BCUT2D eigenvalue weighted by Crippen LogP contribution is 2.17. The van der Waals surface area contributed by atoms with Gasteiger partial charge in [-0.3, -0.25) is 4.68 Å². The minimum Gasteiger partial charge on any atom is -0.461 e. The summed E-state index contributed by atoms with van der Waals surface area (Å²) in [6, 6.07) is 0. The minimum atomic E-state index is -0.523. The maximum atomic E-state index is 11.6. The highest BCUT2D eigenvalue weighted by Gasteiger charge is 2.17. The minimum absolute atomic E-state index is 0.000784. The van der Waals surface area contributed by atoms with Gasteiger partial charge in [0.25, 0.3) is 0 Å². The second kappa shape index (κ2) is 4.05. The molecular formula is C9H9ClN4O2. The molecular weight excluding hydrogens is 232 g/mol. The molecule has 7 heteroatoms. The number of fused-ring (bicyclic) bond motifs is 1. The molecule has 0 spiro atoms. The number of hydrogen-bond acceptors (Lipinski definition) is 5. The van der Waals surface area contributed by atoms with E-state index in [1.165, 1.54) is 10.9 Å². The van der Waals surface area contributed by atoms with Gasteiger partial charge in [-0.25, -0.2) is 9.78 Å². The Balaban J connectivity index is 2.64. The van der Waals surface area contributed by atoms with Crippen molar-refractivity contribution in [3.63, 3.8) is 0 Å². The topological polar surface area (TPSA) is 69.9 Å². The number of rotatable bonds is 2. The third-order valence-corrected chi connectivity index (χ3v) is 2.20. The van der Waals surface area contributed by atoms with Crippen LogP contribution in [-0.2, 0) is 11.8 Å². The van der Waals surface area contributed by atoms with Gasteiger partial charge in [0.2, 0.25) is 5.28 Å². The van der Waals surface area contributed by atoms with Crippen LogP contribution in [0.4, 0.5) is 0 Å². The highest BCUT2D eigenvalue weighted by atomic mass is 35.5. The Bertz CT molecular complexity index is 552. The molecule has 0 aliphatic rings. The maximum Gasteiger partial charge on any atom is 0.357 e. The molecule has 16 heavy (non-hydrogen) atoms. The molecule has 0 N–H and O–H groups in total. The summed E-state index contributed by atoms with van der Waals surface area (Å²) < 4.78 is 6.39. The number of halogens is 1. The van der Waals surface area contributed by atoms with Crippen molar-refractivity contribution < 1.29 is 9.53 Å². The van der Waals surface area contributed by atoms with E-state index in [0.29, 0.717) is 11.0 Å². The second-order valence-electron chi connectivity index (χ2n) is 3.07.